The van der Waals surface area contributed by atoms with Gasteiger partial charge in [-0.2, -0.15) is 0 Å². The van der Waals surface area contributed by atoms with Gasteiger partial charge in [0, 0.05) is 11.4 Å². The maximum Gasteiger partial charge on any atom is 0.268 e. The number of H-pyrrole nitrogens is 1. The molecule has 22 heavy (non-hydrogen) atoms. The molecule has 1 aliphatic rings. The van der Waals surface area contributed by atoms with Crippen molar-refractivity contribution in [2.24, 2.45) is 0 Å². The molecule has 3 rings (SSSR count). The zero-order chi connectivity index (χ0) is 15.7. The number of nitrogens with one attached hydrogen (secondary N) is 2. The van der Waals surface area contributed by atoms with Crippen molar-refractivity contribution in [3.63, 3.8) is 0 Å². The summed E-state index contributed by atoms with van der Waals surface area (Å²) in [4.78, 5) is 21.0. The highest BCUT2D eigenvalue weighted by Gasteiger charge is 2.17. The van der Waals surface area contributed by atoms with Gasteiger partial charge in [0.15, 0.2) is 0 Å². The number of thiophene rings is 1. The highest BCUT2D eigenvalue weighted by molar-refractivity contribution is 7.20. The Morgan fingerprint density at radius 1 is 1.45 bits per heavy atom. The predicted molar refractivity (Wildman–Crippen MR) is 93.2 cm³/mol. The second kappa shape index (κ2) is 6.02. The molecule has 0 saturated carbocycles. The molecule has 0 bridgehead atoms. The van der Waals surface area contributed by atoms with Crippen molar-refractivity contribution < 1.29 is 0 Å². The van der Waals surface area contributed by atoms with E-state index in [0.29, 0.717) is 10.5 Å². The van der Waals surface area contributed by atoms with Crippen molar-refractivity contribution in [1.29, 1.82) is 0 Å². The zero-order valence-electron chi connectivity index (χ0n) is 12.8. The number of aromatic amines is 1. The maximum absolute atomic E-state index is 12.4. The Morgan fingerprint density at radius 2 is 2.27 bits per heavy atom. The largest absolute Gasteiger partial charge is 0.308 e. The fourth-order valence-electron chi connectivity index (χ4n) is 2.62. The van der Waals surface area contributed by atoms with Crippen LogP contribution in [-0.2, 0) is 0 Å². The summed E-state index contributed by atoms with van der Waals surface area (Å²) < 4.78 is 0.672. The van der Waals surface area contributed by atoms with Gasteiger partial charge in [-0.15, -0.1) is 11.3 Å². The lowest BCUT2D eigenvalue weighted by atomic mass is 10.1. The van der Waals surface area contributed by atoms with Crippen LogP contribution in [0, 0.1) is 0 Å². The van der Waals surface area contributed by atoms with Gasteiger partial charge < -0.3 is 10.3 Å². The van der Waals surface area contributed by atoms with E-state index in [1.165, 1.54) is 16.9 Å². The average molecular weight is 313 g/mol. The Morgan fingerprint density at radius 3 is 2.91 bits per heavy atom. The summed E-state index contributed by atoms with van der Waals surface area (Å²) in [6.07, 6.45) is 6.88. The molecule has 2 N–H and O–H groups in total. The lowest BCUT2D eigenvalue weighted by molar-refractivity contribution is 0.526. The summed E-state index contributed by atoms with van der Waals surface area (Å²) in [5, 5.41) is 3.34. The maximum atomic E-state index is 12.4. The summed E-state index contributed by atoms with van der Waals surface area (Å²) in [6.45, 7) is 8.76. The molecule has 0 saturated heterocycles. The lowest BCUT2D eigenvalue weighted by Crippen LogP contribution is -2.27. The van der Waals surface area contributed by atoms with Gasteiger partial charge in [0.2, 0.25) is 0 Å². The van der Waals surface area contributed by atoms with Crippen LogP contribution in [0.3, 0.4) is 0 Å². The number of aromatic nitrogens is 2. The Bertz CT molecular complexity index is 837. The first-order chi connectivity index (χ1) is 10.6. The van der Waals surface area contributed by atoms with Crippen LogP contribution >= 0.6 is 11.3 Å². The molecule has 2 aromatic rings. The van der Waals surface area contributed by atoms with Gasteiger partial charge in [0.25, 0.3) is 5.56 Å². The molecule has 0 aliphatic carbocycles. The molecule has 0 aromatic carbocycles. The normalized spacial score (nSPS) is 17.6. The number of hydrogen-bond donors (Lipinski definition) is 2. The molecular formula is C17H19N3OS. The molecular weight excluding hydrogens is 294 g/mol. The van der Waals surface area contributed by atoms with E-state index in [9.17, 15) is 4.79 Å². The third kappa shape index (κ3) is 2.69. The van der Waals surface area contributed by atoms with Crippen LogP contribution in [0.2, 0.25) is 0 Å². The van der Waals surface area contributed by atoms with Crippen LogP contribution in [0.15, 0.2) is 41.2 Å². The van der Waals surface area contributed by atoms with Crippen molar-refractivity contribution >= 4 is 27.1 Å². The predicted octanol–water partition coefficient (Wildman–Crippen LogP) is 3.55. The molecule has 0 amide bonds. The van der Waals surface area contributed by atoms with Crippen molar-refractivity contribution in [1.82, 2.24) is 15.3 Å². The van der Waals surface area contributed by atoms with Gasteiger partial charge in [-0.25, -0.2) is 4.98 Å². The van der Waals surface area contributed by atoms with Crippen molar-refractivity contribution in [3.8, 4) is 0 Å². The van der Waals surface area contributed by atoms with Crippen LogP contribution < -0.4 is 10.9 Å². The van der Waals surface area contributed by atoms with Gasteiger partial charge in [-0.1, -0.05) is 30.4 Å². The van der Waals surface area contributed by atoms with Crippen molar-refractivity contribution in [2.45, 2.75) is 26.3 Å². The number of nitrogens with zero attached hydrogens (tertiary/aromatic N) is 1. The zero-order valence-corrected chi connectivity index (χ0v) is 13.6. The molecule has 3 heterocycles. The third-order valence-electron chi connectivity index (χ3n) is 3.76. The minimum atomic E-state index is -0.0650. The van der Waals surface area contributed by atoms with Gasteiger partial charge in [-0.05, 0) is 31.9 Å². The van der Waals surface area contributed by atoms with E-state index in [4.69, 9.17) is 0 Å². The van der Waals surface area contributed by atoms with E-state index >= 15 is 0 Å². The first-order valence-corrected chi connectivity index (χ1v) is 8.14. The summed E-state index contributed by atoms with van der Waals surface area (Å²) in [6, 6.07) is 2.06. The number of allylic oxidation sites excluding steroid dienone is 3. The smallest absolute Gasteiger partial charge is 0.268 e. The van der Waals surface area contributed by atoms with Gasteiger partial charge in [-0.3, -0.25) is 4.79 Å². The summed E-state index contributed by atoms with van der Waals surface area (Å²) in [5.74, 6) is 0.712. The first kappa shape index (κ1) is 14.9. The Hall–Kier alpha value is -1.98. The quantitative estimate of drug-likeness (QED) is 0.673. The Kier molecular flexibility index (Phi) is 4.09. The van der Waals surface area contributed by atoms with E-state index in [1.807, 2.05) is 26.0 Å². The highest BCUT2D eigenvalue weighted by atomic mass is 32.1. The topological polar surface area (TPSA) is 57.8 Å². The molecule has 114 valence electrons. The fourth-order valence-corrected chi connectivity index (χ4v) is 3.77. The minimum absolute atomic E-state index is 0.0650. The monoisotopic (exact) mass is 313 g/mol. The molecule has 1 aliphatic heterocycles. The molecule has 5 heteroatoms. The second-order valence-corrected chi connectivity index (χ2v) is 6.61. The summed E-state index contributed by atoms with van der Waals surface area (Å²) in [7, 11) is 0. The lowest BCUT2D eigenvalue weighted by Gasteiger charge is -2.18. The van der Waals surface area contributed by atoms with Crippen LogP contribution in [0.1, 0.15) is 37.0 Å². The van der Waals surface area contributed by atoms with Crippen LogP contribution in [0.25, 0.3) is 15.8 Å². The third-order valence-corrected chi connectivity index (χ3v) is 4.92. The molecule has 2 aromatic heterocycles. The van der Waals surface area contributed by atoms with Gasteiger partial charge >= 0.3 is 0 Å². The molecule has 0 radical (unpaired) electrons. The van der Waals surface area contributed by atoms with E-state index < -0.39 is 0 Å². The standard InChI is InChI=1S/C17H19N3OS/c1-4-11(10(2)3)14-9-13-15(22-14)17(21)20-16(19-13)12-7-5-6-8-18-12/h4-6,9,12,18H,1,7-8H2,2-3H3,(H,19,20,21). The van der Waals surface area contributed by atoms with Crippen LogP contribution in [-0.4, -0.2) is 16.5 Å². The second-order valence-electron chi connectivity index (χ2n) is 5.56. The Balaban J connectivity index is 2.11. The molecule has 1 unspecified atom stereocenters. The summed E-state index contributed by atoms with van der Waals surface area (Å²) in [5.41, 5.74) is 2.94. The van der Waals surface area contributed by atoms with Crippen molar-refractivity contribution in [2.75, 3.05) is 6.54 Å². The minimum Gasteiger partial charge on any atom is -0.308 e. The Labute approximate surface area is 133 Å². The van der Waals surface area contributed by atoms with Crippen LogP contribution in [0.4, 0.5) is 0 Å². The van der Waals surface area contributed by atoms with Gasteiger partial charge in [0.05, 0.1) is 11.6 Å². The fraction of sp³-hybridized carbons (Fsp3) is 0.294. The molecule has 0 fully saturated rings. The first-order valence-electron chi connectivity index (χ1n) is 7.32. The van der Waals surface area contributed by atoms with E-state index in [0.717, 1.165) is 28.9 Å². The molecule has 4 nitrogen and oxygen atoms in total. The average Bonchev–Trinajstić information content (AvgIpc) is 2.92. The van der Waals surface area contributed by atoms with E-state index in [2.05, 4.69) is 34.0 Å². The number of fused-ring (bicyclic) bond motifs is 1. The van der Waals surface area contributed by atoms with E-state index in [-0.39, 0.29) is 11.6 Å². The SMILES string of the molecule is C=CC(=C(C)C)c1cc2nc(C3CC=CCN3)[nH]c(=O)c2s1. The summed E-state index contributed by atoms with van der Waals surface area (Å²) >= 11 is 1.47. The molecule has 1 atom stereocenters. The van der Waals surface area contributed by atoms with Crippen molar-refractivity contribution in [3.05, 3.63) is 57.5 Å². The van der Waals surface area contributed by atoms with Gasteiger partial charge in [0.1, 0.15) is 10.5 Å². The highest BCUT2D eigenvalue weighted by Crippen LogP contribution is 2.30. The number of rotatable bonds is 3. The van der Waals surface area contributed by atoms with Crippen LogP contribution in [0.5, 0.6) is 0 Å². The number of hydrogen-bond acceptors (Lipinski definition) is 4. The van der Waals surface area contributed by atoms with E-state index in [1.54, 1.807) is 0 Å². The molecule has 0 spiro atoms.